The van der Waals surface area contributed by atoms with Gasteiger partial charge in [0, 0.05) is 39.7 Å². The van der Waals surface area contributed by atoms with Gasteiger partial charge in [0.2, 0.25) is 5.91 Å². The first kappa shape index (κ1) is 19.5. The first-order valence-electron chi connectivity index (χ1n) is 9.79. The number of fused-ring (bicyclic) bond motifs is 1. The van der Waals surface area contributed by atoms with E-state index in [1.807, 2.05) is 35.2 Å². The van der Waals surface area contributed by atoms with Gasteiger partial charge < -0.3 is 9.32 Å². The summed E-state index contributed by atoms with van der Waals surface area (Å²) in [6, 6.07) is 13.8. The van der Waals surface area contributed by atoms with E-state index in [0.717, 1.165) is 18.5 Å². The van der Waals surface area contributed by atoms with Crippen LogP contribution in [0.1, 0.15) is 33.7 Å². The molecule has 1 aromatic carbocycles. The third-order valence-corrected chi connectivity index (χ3v) is 7.51. The maximum absolute atomic E-state index is 13.2. The minimum absolute atomic E-state index is 0.0155. The van der Waals surface area contributed by atoms with Gasteiger partial charge in [0.15, 0.2) is 11.7 Å². The number of aryl methyl sites for hydroxylation is 1. The zero-order valence-corrected chi connectivity index (χ0v) is 18.5. The van der Waals surface area contributed by atoms with Gasteiger partial charge in [0.1, 0.15) is 0 Å². The molecule has 30 heavy (non-hydrogen) atoms. The molecule has 152 valence electrons. The van der Waals surface area contributed by atoms with Crippen LogP contribution >= 0.6 is 34.3 Å². The minimum Gasteiger partial charge on any atom is -0.441 e. The Morgan fingerprint density at radius 2 is 2.03 bits per heavy atom. The van der Waals surface area contributed by atoms with Gasteiger partial charge in [0.25, 0.3) is 0 Å². The first-order chi connectivity index (χ1) is 14.7. The van der Waals surface area contributed by atoms with E-state index in [1.54, 1.807) is 28.9 Å². The largest absolute Gasteiger partial charge is 0.441 e. The topological polar surface area (TPSA) is 46.3 Å². The summed E-state index contributed by atoms with van der Waals surface area (Å²) in [6.45, 7) is 0.747. The quantitative estimate of drug-likeness (QED) is 0.359. The Morgan fingerprint density at radius 3 is 2.83 bits per heavy atom. The van der Waals surface area contributed by atoms with Crippen LogP contribution in [0.25, 0.3) is 11.3 Å². The average Bonchev–Trinajstić information content (AvgIpc) is 3.53. The van der Waals surface area contributed by atoms with Crippen LogP contribution in [-0.2, 0) is 17.6 Å². The van der Waals surface area contributed by atoms with Crippen molar-refractivity contribution in [2.24, 2.45) is 0 Å². The van der Waals surface area contributed by atoms with Crippen molar-refractivity contribution in [3.63, 3.8) is 0 Å². The molecule has 5 rings (SSSR count). The van der Waals surface area contributed by atoms with Crippen LogP contribution in [0.2, 0.25) is 5.02 Å². The lowest BCUT2D eigenvalue weighted by molar-refractivity contribution is -0.133. The SMILES string of the molecule is O=C(CCc1ncc(-c2ccc(Cl)cc2)o1)N1CCc2sccc2C1c1cccs1. The van der Waals surface area contributed by atoms with Crippen LogP contribution in [0.15, 0.2) is 63.8 Å². The molecule has 0 bridgehead atoms. The summed E-state index contributed by atoms with van der Waals surface area (Å²) < 4.78 is 5.87. The predicted octanol–water partition coefficient (Wildman–Crippen LogP) is 6.22. The Balaban J connectivity index is 1.30. The minimum atomic E-state index is 0.0155. The van der Waals surface area contributed by atoms with E-state index < -0.39 is 0 Å². The van der Waals surface area contributed by atoms with Gasteiger partial charge in [-0.25, -0.2) is 4.98 Å². The number of oxazole rings is 1. The second-order valence-electron chi connectivity index (χ2n) is 7.18. The Bertz CT molecular complexity index is 1150. The summed E-state index contributed by atoms with van der Waals surface area (Å²) >= 11 is 9.44. The number of benzene rings is 1. The molecule has 0 saturated heterocycles. The molecule has 1 amide bonds. The highest BCUT2D eigenvalue weighted by Crippen LogP contribution is 2.39. The lowest BCUT2D eigenvalue weighted by atomic mass is 9.98. The summed E-state index contributed by atoms with van der Waals surface area (Å²) in [4.78, 5) is 22.2. The fraction of sp³-hybridized carbons (Fsp3) is 0.217. The van der Waals surface area contributed by atoms with Gasteiger partial charge in [-0.15, -0.1) is 22.7 Å². The average molecular weight is 455 g/mol. The smallest absolute Gasteiger partial charge is 0.223 e. The zero-order valence-electron chi connectivity index (χ0n) is 16.1. The van der Waals surface area contributed by atoms with E-state index >= 15 is 0 Å². The van der Waals surface area contributed by atoms with E-state index in [2.05, 4.69) is 27.9 Å². The number of nitrogens with zero attached hydrogens (tertiary/aromatic N) is 2. The van der Waals surface area contributed by atoms with Crippen LogP contribution in [0.4, 0.5) is 0 Å². The summed E-state index contributed by atoms with van der Waals surface area (Å²) in [5, 5.41) is 4.88. The standard InChI is InChI=1S/C23H19ClN2O2S2/c24-16-5-3-15(4-6-16)18-14-25-21(28-18)7-8-22(27)26-11-9-19-17(10-13-30-19)23(26)20-2-1-12-29-20/h1-6,10,12-14,23H,7-9,11H2. The van der Waals surface area contributed by atoms with Crippen molar-refractivity contribution < 1.29 is 9.21 Å². The number of aromatic nitrogens is 1. The molecule has 7 heteroatoms. The normalized spacial score (nSPS) is 15.9. The highest BCUT2D eigenvalue weighted by atomic mass is 35.5. The van der Waals surface area contributed by atoms with E-state index in [-0.39, 0.29) is 11.9 Å². The second-order valence-corrected chi connectivity index (χ2v) is 9.60. The maximum atomic E-state index is 13.2. The second kappa shape index (κ2) is 8.38. The summed E-state index contributed by atoms with van der Waals surface area (Å²) in [7, 11) is 0. The van der Waals surface area contributed by atoms with Crippen LogP contribution < -0.4 is 0 Å². The molecule has 3 aromatic heterocycles. The molecule has 0 spiro atoms. The number of carbonyl (C=O) groups excluding carboxylic acids is 1. The Labute approximate surface area is 187 Å². The number of hydrogen-bond acceptors (Lipinski definition) is 5. The lowest BCUT2D eigenvalue weighted by Crippen LogP contribution is -2.39. The monoisotopic (exact) mass is 454 g/mol. The van der Waals surface area contributed by atoms with Gasteiger partial charge >= 0.3 is 0 Å². The van der Waals surface area contributed by atoms with Crippen molar-refractivity contribution in [2.45, 2.75) is 25.3 Å². The maximum Gasteiger partial charge on any atom is 0.223 e. The molecule has 1 aliphatic rings. The van der Waals surface area contributed by atoms with Crippen molar-refractivity contribution in [3.8, 4) is 11.3 Å². The molecular weight excluding hydrogens is 436 g/mol. The summed E-state index contributed by atoms with van der Waals surface area (Å²) in [5.74, 6) is 1.40. The molecule has 4 heterocycles. The Morgan fingerprint density at radius 1 is 1.17 bits per heavy atom. The van der Waals surface area contributed by atoms with Crippen LogP contribution in [0.5, 0.6) is 0 Å². The van der Waals surface area contributed by atoms with Gasteiger partial charge in [-0.3, -0.25) is 4.79 Å². The summed E-state index contributed by atoms with van der Waals surface area (Å²) in [5.41, 5.74) is 2.19. The van der Waals surface area contributed by atoms with Gasteiger partial charge in [-0.1, -0.05) is 17.7 Å². The molecule has 1 atom stereocenters. The number of thiophene rings is 2. The van der Waals surface area contributed by atoms with E-state index in [1.165, 1.54) is 15.3 Å². The highest BCUT2D eigenvalue weighted by molar-refractivity contribution is 7.10. The van der Waals surface area contributed by atoms with E-state index in [4.69, 9.17) is 16.0 Å². The molecule has 0 radical (unpaired) electrons. The number of amides is 1. The number of halogens is 1. The summed E-state index contributed by atoms with van der Waals surface area (Å²) in [6.07, 6.45) is 3.48. The third kappa shape index (κ3) is 3.83. The van der Waals surface area contributed by atoms with Crippen molar-refractivity contribution >= 4 is 40.2 Å². The van der Waals surface area contributed by atoms with Gasteiger partial charge in [-0.2, -0.15) is 0 Å². The molecule has 0 fully saturated rings. The molecule has 0 aliphatic carbocycles. The molecule has 0 saturated carbocycles. The lowest BCUT2D eigenvalue weighted by Gasteiger charge is -2.35. The zero-order chi connectivity index (χ0) is 20.5. The molecular formula is C23H19ClN2O2S2. The number of hydrogen-bond donors (Lipinski definition) is 0. The predicted molar refractivity (Wildman–Crippen MR) is 121 cm³/mol. The first-order valence-corrected chi connectivity index (χ1v) is 11.9. The van der Waals surface area contributed by atoms with Crippen LogP contribution in [0, 0.1) is 0 Å². The molecule has 0 N–H and O–H groups in total. The molecule has 1 aliphatic heterocycles. The Kier molecular flexibility index (Phi) is 5.46. The third-order valence-electron chi connectivity index (χ3n) is 5.33. The van der Waals surface area contributed by atoms with Crippen LogP contribution in [-0.4, -0.2) is 22.3 Å². The fourth-order valence-corrected chi connectivity index (χ4v) is 5.75. The van der Waals surface area contributed by atoms with Gasteiger partial charge in [-0.05, 0) is 59.1 Å². The number of carbonyl (C=O) groups is 1. The van der Waals surface area contributed by atoms with Crippen molar-refractivity contribution in [3.05, 3.63) is 85.7 Å². The van der Waals surface area contributed by atoms with E-state index in [0.29, 0.717) is 29.5 Å². The van der Waals surface area contributed by atoms with Crippen molar-refractivity contribution in [1.29, 1.82) is 0 Å². The number of rotatable bonds is 5. The Hall–Kier alpha value is -2.41. The molecule has 4 nitrogen and oxygen atoms in total. The van der Waals surface area contributed by atoms with Gasteiger partial charge in [0.05, 0.1) is 12.2 Å². The van der Waals surface area contributed by atoms with E-state index in [9.17, 15) is 4.79 Å². The highest BCUT2D eigenvalue weighted by Gasteiger charge is 2.33. The molecule has 4 aromatic rings. The van der Waals surface area contributed by atoms with Crippen molar-refractivity contribution in [2.75, 3.05) is 6.54 Å². The van der Waals surface area contributed by atoms with Crippen molar-refractivity contribution in [1.82, 2.24) is 9.88 Å². The molecule has 1 unspecified atom stereocenters. The fourth-order valence-electron chi connectivity index (χ4n) is 3.87. The van der Waals surface area contributed by atoms with Crippen LogP contribution in [0.3, 0.4) is 0 Å².